The number of benzene rings is 7. The molecule has 0 atom stereocenters. The quantitative estimate of drug-likeness (QED) is 0.175. The second-order valence-corrected chi connectivity index (χ2v) is 12.8. The third-order valence-corrected chi connectivity index (χ3v) is 10.4. The molecule has 1 aromatic heterocycles. The zero-order valence-corrected chi connectivity index (χ0v) is 28.9. The number of aromatic nitrogens is 1. The van der Waals surface area contributed by atoms with Gasteiger partial charge >= 0.3 is 0 Å². The van der Waals surface area contributed by atoms with Gasteiger partial charge in [-0.3, -0.25) is 4.99 Å². The number of hydrogen-bond donors (Lipinski definition) is 2. The van der Waals surface area contributed by atoms with Gasteiger partial charge in [0.15, 0.2) is 0 Å². The molecule has 10 rings (SSSR count). The fourth-order valence-corrected chi connectivity index (χ4v) is 8.42. The molecule has 2 aliphatic carbocycles. The Morgan fingerprint density at radius 1 is 0.520 bits per heavy atom. The molecule has 0 aliphatic heterocycles. The summed E-state index contributed by atoms with van der Waals surface area (Å²) in [5, 5.41) is 26.0. The fraction of sp³-hybridized carbons (Fsp3) is 0.0222. The maximum absolute atomic E-state index is 11.8. The molecule has 0 radical (unpaired) electrons. The SMILES string of the molecule is Oc1ccc2c(c1-c1cc3ccccc3c(C=Nc3cccc4cccc(O)c34)n1)-c1ccccc1C21c2ccccc2-c2ccccc21.[Pt]. The van der Waals surface area contributed by atoms with Gasteiger partial charge in [-0.2, -0.15) is 0 Å². The number of fused-ring (bicyclic) bond motifs is 12. The normalized spacial score (nSPS) is 13.3. The average Bonchev–Trinajstić information content (AvgIpc) is 3.61. The molecule has 7 aromatic carbocycles. The van der Waals surface area contributed by atoms with E-state index in [0.29, 0.717) is 28.0 Å². The number of nitrogens with zero attached hydrogens (tertiary/aromatic N) is 2. The van der Waals surface area contributed by atoms with E-state index in [1.165, 1.54) is 27.8 Å². The molecule has 0 saturated carbocycles. The molecular weight excluding hydrogens is 796 g/mol. The molecule has 0 bridgehead atoms. The molecule has 5 heteroatoms. The van der Waals surface area contributed by atoms with Gasteiger partial charge in [-0.15, -0.1) is 0 Å². The van der Waals surface area contributed by atoms with Gasteiger partial charge in [0.1, 0.15) is 11.5 Å². The second-order valence-electron chi connectivity index (χ2n) is 12.8. The Kier molecular flexibility index (Phi) is 6.88. The summed E-state index contributed by atoms with van der Waals surface area (Å²) in [7, 11) is 0. The third-order valence-electron chi connectivity index (χ3n) is 10.4. The molecular formula is C45H28N2O2Pt. The van der Waals surface area contributed by atoms with Crippen LogP contribution in [-0.2, 0) is 26.5 Å². The number of aliphatic imine (C=N–C) groups is 1. The van der Waals surface area contributed by atoms with Gasteiger partial charge in [0.2, 0.25) is 0 Å². The zero-order chi connectivity index (χ0) is 32.7. The summed E-state index contributed by atoms with van der Waals surface area (Å²) in [4.78, 5) is 10.1. The fourth-order valence-electron chi connectivity index (χ4n) is 8.42. The van der Waals surface area contributed by atoms with Crippen LogP contribution in [0.5, 0.6) is 11.5 Å². The topological polar surface area (TPSA) is 65.7 Å². The number of rotatable bonds is 3. The van der Waals surface area contributed by atoms with Crippen molar-refractivity contribution in [2.24, 2.45) is 4.99 Å². The number of phenolic OH excluding ortho intramolecular Hbond substituents is 2. The van der Waals surface area contributed by atoms with E-state index in [1.807, 2.05) is 54.6 Å². The van der Waals surface area contributed by atoms with Crippen molar-refractivity contribution in [3.05, 3.63) is 180 Å². The van der Waals surface area contributed by atoms with Crippen LogP contribution in [0.1, 0.15) is 27.9 Å². The Morgan fingerprint density at radius 3 is 1.86 bits per heavy atom. The molecule has 0 amide bonds. The predicted octanol–water partition coefficient (Wildman–Crippen LogP) is 10.6. The van der Waals surface area contributed by atoms with Crippen molar-refractivity contribution in [2.75, 3.05) is 0 Å². The molecule has 0 saturated heterocycles. The Balaban J connectivity index is 0.00000336. The molecule has 2 N–H and O–H groups in total. The first kappa shape index (κ1) is 30.2. The second kappa shape index (κ2) is 11.4. The Bertz CT molecular complexity index is 2660. The number of hydrogen-bond acceptors (Lipinski definition) is 4. The van der Waals surface area contributed by atoms with E-state index in [2.05, 4.69) is 91.0 Å². The summed E-state index contributed by atoms with van der Waals surface area (Å²) in [5.74, 6) is 0.360. The Hall–Kier alpha value is -5.83. The molecule has 8 aromatic rings. The van der Waals surface area contributed by atoms with E-state index < -0.39 is 5.41 Å². The minimum Gasteiger partial charge on any atom is -0.507 e. The first-order chi connectivity index (χ1) is 24.1. The van der Waals surface area contributed by atoms with Gasteiger partial charge in [0.05, 0.1) is 34.3 Å². The molecule has 1 spiro atoms. The van der Waals surface area contributed by atoms with Crippen LogP contribution in [0.15, 0.2) is 157 Å². The van der Waals surface area contributed by atoms with Crippen LogP contribution in [-0.4, -0.2) is 21.4 Å². The molecule has 1 heterocycles. The summed E-state index contributed by atoms with van der Waals surface area (Å²) in [6.45, 7) is 0. The standard InChI is InChI=1S/C45H28N2O2.Pt/c48-40-22-10-13-27-12-9-21-37(42(27)40)46-26-39-29-14-2-1-11-28(29)25-38(47-39)44-41(49)24-23-36-43(44)32-17-5-8-20-35(32)45(36)33-18-6-3-15-30(33)31-16-4-7-19-34(31)45;/h1-26,48-49H;. The third kappa shape index (κ3) is 4.09. The van der Waals surface area contributed by atoms with Gasteiger partial charge in [-0.05, 0) is 79.5 Å². The van der Waals surface area contributed by atoms with Crippen molar-refractivity contribution >= 4 is 33.4 Å². The molecule has 50 heavy (non-hydrogen) atoms. The van der Waals surface area contributed by atoms with Crippen molar-refractivity contribution in [3.63, 3.8) is 0 Å². The van der Waals surface area contributed by atoms with E-state index in [0.717, 1.165) is 32.8 Å². The van der Waals surface area contributed by atoms with Gasteiger partial charge < -0.3 is 10.2 Å². The monoisotopic (exact) mass is 823 g/mol. The summed E-state index contributed by atoms with van der Waals surface area (Å²) in [6.07, 6.45) is 1.77. The molecule has 2 aliphatic rings. The van der Waals surface area contributed by atoms with Crippen molar-refractivity contribution in [3.8, 4) is 45.0 Å². The van der Waals surface area contributed by atoms with Crippen molar-refractivity contribution in [2.45, 2.75) is 5.41 Å². The smallest absolute Gasteiger partial charge is 0.125 e. The van der Waals surface area contributed by atoms with E-state index in [1.54, 1.807) is 12.3 Å². The number of phenols is 2. The molecule has 4 nitrogen and oxygen atoms in total. The van der Waals surface area contributed by atoms with Crippen LogP contribution < -0.4 is 0 Å². The molecule has 0 unspecified atom stereocenters. The van der Waals surface area contributed by atoms with Crippen LogP contribution >= 0.6 is 0 Å². The summed E-state index contributed by atoms with van der Waals surface area (Å²) < 4.78 is 0. The van der Waals surface area contributed by atoms with Crippen LogP contribution in [0, 0.1) is 0 Å². The van der Waals surface area contributed by atoms with Crippen molar-refractivity contribution in [1.29, 1.82) is 0 Å². The number of aromatic hydroxyl groups is 2. The van der Waals surface area contributed by atoms with E-state index >= 15 is 0 Å². The largest absolute Gasteiger partial charge is 0.507 e. The van der Waals surface area contributed by atoms with E-state index in [4.69, 9.17) is 9.98 Å². The molecule has 240 valence electrons. The average molecular weight is 824 g/mol. The Morgan fingerprint density at radius 2 is 1.12 bits per heavy atom. The predicted molar refractivity (Wildman–Crippen MR) is 198 cm³/mol. The van der Waals surface area contributed by atoms with Crippen LogP contribution in [0.4, 0.5) is 5.69 Å². The van der Waals surface area contributed by atoms with Gasteiger partial charge in [-0.25, -0.2) is 4.98 Å². The first-order valence-corrected chi connectivity index (χ1v) is 16.5. The summed E-state index contributed by atoms with van der Waals surface area (Å²) in [5.41, 5.74) is 11.6. The zero-order valence-electron chi connectivity index (χ0n) is 26.6. The van der Waals surface area contributed by atoms with Gasteiger partial charge in [0.25, 0.3) is 0 Å². The minimum absolute atomic E-state index is 0. The summed E-state index contributed by atoms with van der Waals surface area (Å²) >= 11 is 0. The molecule has 0 fully saturated rings. The van der Waals surface area contributed by atoms with Crippen LogP contribution in [0.25, 0.3) is 55.1 Å². The Labute approximate surface area is 303 Å². The van der Waals surface area contributed by atoms with Crippen LogP contribution in [0.3, 0.4) is 0 Å². The minimum atomic E-state index is -0.529. The first-order valence-electron chi connectivity index (χ1n) is 16.5. The van der Waals surface area contributed by atoms with Crippen LogP contribution in [0.2, 0.25) is 0 Å². The maximum Gasteiger partial charge on any atom is 0.125 e. The van der Waals surface area contributed by atoms with Crippen molar-refractivity contribution < 1.29 is 31.3 Å². The maximum atomic E-state index is 11.8. The van der Waals surface area contributed by atoms with E-state index in [-0.39, 0.29) is 32.6 Å². The van der Waals surface area contributed by atoms with Gasteiger partial charge in [-0.1, -0.05) is 127 Å². The number of pyridine rings is 1. The van der Waals surface area contributed by atoms with Crippen molar-refractivity contribution in [1.82, 2.24) is 4.98 Å². The van der Waals surface area contributed by atoms with Gasteiger partial charge in [0, 0.05) is 31.8 Å². The van der Waals surface area contributed by atoms with E-state index in [9.17, 15) is 10.2 Å². The summed E-state index contributed by atoms with van der Waals surface area (Å²) in [6, 6.07) is 51.4.